The average Bonchev–Trinajstić information content (AvgIpc) is 2.90. The molecule has 0 unspecified atom stereocenters. The van der Waals surface area contributed by atoms with Crippen molar-refractivity contribution in [2.24, 2.45) is 0 Å². The van der Waals surface area contributed by atoms with E-state index in [0.717, 1.165) is 17.9 Å². The molecule has 2 nitrogen and oxygen atoms in total. The Morgan fingerprint density at radius 1 is 1.62 bits per heavy atom. The second-order valence-corrected chi connectivity index (χ2v) is 3.61. The van der Waals surface area contributed by atoms with E-state index in [1.807, 2.05) is 25.1 Å². The number of benzene rings is 1. The molecule has 70 valence electrons. The van der Waals surface area contributed by atoms with Gasteiger partial charge in [-0.15, -0.1) is 0 Å². The van der Waals surface area contributed by atoms with Gasteiger partial charge in [0.1, 0.15) is 18.5 Å². The summed E-state index contributed by atoms with van der Waals surface area (Å²) in [6, 6.07) is 5.74. The Hall–Kier alpha value is -0.730. The zero-order valence-electron chi connectivity index (χ0n) is 7.42. The second kappa shape index (κ2) is 3.56. The predicted molar refractivity (Wildman–Crippen MR) is 51.4 cm³/mol. The first-order valence-electron chi connectivity index (χ1n) is 4.26. The molecule has 1 aliphatic heterocycles. The summed E-state index contributed by atoms with van der Waals surface area (Å²) in [5.41, 5.74) is 1.15. The van der Waals surface area contributed by atoms with Crippen LogP contribution in [-0.2, 0) is 4.74 Å². The summed E-state index contributed by atoms with van der Waals surface area (Å²) < 4.78 is 10.5. The Labute approximate surface area is 82.4 Å². The molecule has 0 spiro atoms. The van der Waals surface area contributed by atoms with Gasteiger partial charge < -0.3 is 9.47 Å². The monoisotopic (exact) mass is 198 g/mol. The predicted octanol–water partition coefficient (Wildman–Crippen LogP) is 2.43. The molecule has 0 aliphatic carbocycles. The minimum atomic E-state index is 0.275. The van der Waals surface area contributed by atoms with Gasteiger partial charge in [-0.3, -0.25) is 0 Å². The maximum absolute atomic E-state index is 5.93. The summed E-state index contributed by atoms with van der Waals surface area (Å²) in [5.74, 6) is 0.747. The van der Waals surface area contributed by atoms with Crippen LogP contribution in [0, 0.1) is 6.92 Å². The molecule has 1 saturated heterocycles. The Morgan fingerprint density at radius 2 is 2.38 bits per heavy atom. The molecule has 0 N–H and O–H groups in total. The maximum atomic E-state index is 5.93. The van der Waals surface area contributed by atoms with Gasteiger partial charge in [-0.2, -0.15) is 0 Å². The minimum absolute atomic E-state index is 0.275. The number of halogens is 1. The fourth-order valence-corrected chi connectivity index (χ4v) is 1.24. The summed E-state index contributed by atoms with van der Waals surface area (Å²) in [5, 5.41) is 0.659. The number of epoxide rings is 1. The average molecular weight is 199 g/mol. The molecule has 0 amide bonds. The first-order valence-corrected chi connectivity index (χ1v) is 4.64. The van der Waals surface area contributed by atoms with Gasteiger partial charge >= 0.3 is 0 Å². The lowest BCUT2D eigenvalue weighted by Crippen LogP contribution is -2.04. The molecular formula is C10H11ClO2. The van der Waals surface area contributed by atoms with Crippen molar-refractivity contribution in [2.45, 2.75) is 13.0 Å². The highest BCUT2D eigenvalue weighted by molar-refractivity contribution is 6.32. The first-order chi connectivity index (χ1) is 6.25. The van der Waals surface area contributed by atoms with Crippen LogP contribution in [0.1, 0.15) is 5.56 Å². The molecule has 0 radical (unpaired) electrons. The molecule has 0 aromatic heterocycles. The molecule has 1 aliphatic rings. The highest BCUT2D eigenvalue weighted by Crippen LogP contribution is 2.26. The molecule has 1 fully saturated rings. The summed E-state index contributed by atoms with van der Waals surface area (Å²) in [7, 11) is 0. The minimum Gasteiger partial charge on any atom is -0.489 e. The number of hydrogen-bond acceptors (Lipinski definition) is 2. The van der Waals surface area contributed by atoms with Crippen LogP contribution in [0.25, 0.3) is 0 Å². The van der Waals surface area contributed by atoms with E-state index in [0.29, 0.717) is 11.6 Å². The molecule has 1 aromatic rings. The van der Waals surface area contributed by atoms with E-state index >= 15 is 0 Å². The van der Waals surface area contributed by atoms with Crippen molar-refractivity contribution in [3.05, 3.63) is 28.8 Å². The van der Waals surface area contributed by atoms with Gasteiger partial charge in [0, 0.05) is 0 Å². The highest BCUT2D eigenvalue weighted by atomic mass is 35.5. The fraction of sp³-hybridized carbons (Fsp3) is 0.400. The van der Waals surface area contributed by atoms with Crippen molar-refractivity contribution in [1.82, 2.24) is 0 Å². The third-order valence-corrected chi connectivity index (χ3v) is 2.23. The topological polar surface area (TPSA) is 21.8 Å². The highest BCUT2D eigenvalue weighted by Gasteiger charge is 2.23. The van der Waals surface area contributed by atoms with Gasteiger partial charge in [-0.25, -0.2) is 0 Å². The van der Waals surface area contributed by atoms with E-state index in [2.05, 4.69) is 0 Å². The van der Waals surface area contributed by atoms with Gasteiger partial charge in [0.15, 0.2) is 0 Å². The molecule has 0 saturated carbocycles. The molecule has 1 atom stereocenters. The smallest absolute Gasteiger partial charge is 0.138 e. The molecular weight excluding hydrogens is 188 g/mol. The van der Waals surface area contributed by atoms with Gasteiger partial charge in [0.05, 0.1) is 11.6 Å². The van der Waals surface area contributed by atoms with Crippen LogP contribution in [0.3, 0.4) is 0 Å². The quantitative estimate of drug-likeness (QED) is 0.696. The van der Waals surface area contributed by atoms with Gasteiger partial charge in [-0.05, 0) is 24.6 Å². The van der Waals surface area contributed by atoms with Crippen molar-refractivity contribution >= 4 is 11.6 Å². The van der Waals surface area contributed by atoms with Crippen LogP contribution in [0.15, 0.2) is 18.2 Å². The lowest BCUT2D eigenvalue weighted by molar-refractivity contribution is 0.263. The van der Waals surface area contributed by atoms with Gasteiger partial charge in [-0.1, -0.05) is 17.7 Å². The van der Waals surface area contributed by atoms with Gasteiger partial charge in [0.2, 0.25) is 0 Å². The number of hydrogen-bond donors (Lipinski definition) is 0. The van der Waals surface area contributed by atoms with E-state index in [1.165, 1.54) is 0 Å². The number of rotatable bonds is 3. The third kappa shape index (κ3) is 2.36. The van der Waals surface area contributed by atoms with E-state index in [9.17, 15) is 0 Å². The Kier molecular flexibility index (Phi) is 2.42. The Morgan fingerprint density at radius 3 is 3.08 bits per heavy atom. The SMILES string of the molecule is Cc1ccc(Cl)c(OC[C@@H]2CO2)c1. The Balaban J connectivity index is 2.03. The Bertz CT molecular complexity index is 308. The largest absolute Gasteiger partial charge is 0.489 e. The van der Waals surface area contributed by atoms with Crippen molar-refractivity contribution < 1.29 is 9.47 Å². The van der Waals surface area contributed by atoms with Crippen LogP contribution in [0.2, 0.25) is 5.02 Å². The van der Waals surface area contributed by atoms with Crippen molar-refractivity contribution in [2.75, 3.05) is 13.2 Å². The van der Waals surface area contributed by atoms with Gasteiger partial charge in [0.25, 0.3) is 0 Å². The fourth-order valence-electron chi connectivity index (χ4n) is 1.07. The normalized spacial score (nSPS) is 20.0. The summed E-state index contributed by atoms with van der Waals surface area (Å²) in [4.78, 5) is 0. The van der Waals surface area contributed by atoms with Crippen LogP contribution >= 0.6 is 11.6 Å². The maximum Gasteiger partial charge on any atom is 0.138 e. The standard InChI is InChI=1S/C10H11ClO2/c1-7-2-3-9(11)10(4-7)13-6-8-5-12-8/h2-4,8H,5-6H2,1H3/t8-/m0/s1. The van der Waals surface area contributed by atoms with Crippen LogP contribution < -0.4 is 4.74 Å². The van der Waals surface area contributed by atoms with E-state index in [1.54, 1.807) is 0 Å². The number of ether oxygens (including phenoxy) is 2. The second-order valence-electron chi connectivity index (χ2n) is 3.20. The molecule has 13 heavy (non-hydrogen) atoms. The molecule has 1 aromatic carbocycles. The molecule has 2 rings (SSSR count). The summed E-state index contributed by atoms with van der Waals surface area (Å²) in [6.45, 7) is 3.42. The van der Waals surface area contributed by atoms with Crippen LogP contribution in [-0.4, -0.2) is 19.3 Å². The zero-order chi connectivity index (χ0) is 9.26. The first kappa shape index (κ1) is 8.85. The van der Waals surface area contributed by atoms with Crippen LogP contribution in [0.4, 0.5) is 0 Å². The third-order valence-electron chi connectivity index (χ3n) is 1.91. The lowest BCUT2D eigenvalue weighted by Gasteiger charge is -2.06. The van der Waals surface area contributed by atoms with Crippen molar-refractivity contribution in [1.29, 1.82) is 0 Å². The summed E-state index contributed by atoms with van der Waals surface area (Å²) in [6.07, 6.45) is 0.275. The van der Waals surface area contributed by atoms with Crippen molar-refractivity contribution in [3.63, 3.8) is 0 Å². The lowest BCUT2D eigenvalue weighted by atomic mass is 10.2. The molecule has 3 heteroatoms. The van der Waals surface area contributed by atoms with Crippen molar-refractivity contribution in [3.8, 4) is 5.75 Å². The van der Waals surface area contributed by atoms with E-state index in [-0.39, 0.29) is 6.10 Å². The summed E-state index contributed by atoms with van der Waals surface area (Å²) >= 11 is 5.93. The zero-order valence-corrected chi connectivity index (χ0v) is 8.17. The van der Waals surface area contributed by atoms with Crippen LogP contribution in [0.5, 0.6) is 5.75 Å². The molecule has 1 heterocycles. The molecule has 0 bridgehead atoms. The number of aryl methyl sites for hydroxylation is 1. The van der Waals surface area contributed by atoms with E-state index < -0.39 is 0 Å². The van der Waals surface area contributed by atoms with E-state index in [4.69, 9.17) is 21.1 Å².